The van der Waals surface area contributed by atoms with Crippen molar-refractivity contribution in [3.63, 3.8) is 0 Å². The van der Waals surface area contributed by atoms with Crippen molar-refractivity contribution < 1.29 is 9.90 Å². The molecule has 4 aromatic rings. The molecule has 0 spiro atoms. The van der Waals surface area contributed by atoms with Crippen molar-refractivity contribution in [1.29, 1.82) is 0 Å². The Hall–Kier alpha value is -2.75. The summed E-state index contributed by atoms with van der Waals surface area (Å²) in [6.07, 6.45) is 2.65. The maximum atomic E-state index is 11.3. The maximum Gasteiger partial charge on any atom is 0.323 e. The highest BCUT2D eigenvalue weighted by Gasteiger charge is 2.13. The zero-order chi connectivity index (χ0) is 19.7. The van der Waals surface area contributed by atoms with E-state index in [1.165, 1.54) is 5.56 Å². The lowest BCUT2D eigenvalue weighted by Crippen LogP contribution is -2.07. The number of rotatable bonds is 5. The number of halogens is 2. The van der Waals surface area contributed by atoms with Crippen molar-refractivity contribution in [2.45, 2.75) is 13.0 Å². The van der Waals surface area contributed by atoms with Crippen LogP contribution >= 0.6 is 23.2 Å². The van der Waals surface area contributed by atoms with Gasteiger partial charge in [0, 0.05) is 32.7 Å². The van der Waals surface area contributed by atoms with Crippen LogP contribution in [0.25, 0.3) is 22.0 Å². The third kappa shape index (κ3) is 3.77. The molecule has 0 bridgehead atoms. The molecule has 0 unspecified atom stereocenters. The summed E-state index contributed by atoms with van der Waals surface area (Å²) in [5.74, 6) is -0.868. The lowest BCUT2D eigenvalue weighted by atomic mass is 10.00. The summed E-state index contributed by atoms with van der Waals surface area (Å²) in [4.78, 5) is 11.3. The topological polar surface area (TPSA) is 42.2 Å². The summed E-state index contributed by atoms with van der Waals surface area (Å²) in [6, 6.07) is 21.6. The third-order valence-electron chi connectivity index (χ3n) is 4.75. The van der Waals surface area contributed by atoms with E-state index in [2.05, 4.69) is 18.2 Å². The van der Waals surface area contributed by atoms with Gasteiger partial charge < -0.3 is 9.67 Å². The molecule has 140 valence electrons. The van der Waals surface area contributed by atoms with Gasteiger partial charge in [-0.1, -0.05) is 65.7 Å². The third-order valence-corrected chi connectivity index (χ3v) is 5.30. The van der Waals surface area contributed by atoms with Gasteiger partial charge in [-0.25, -0.2) is 0 Å². The number of carboxylic acids is 1. The molecule has 1 heterocycles. The van der Waals surface area contributed by atoms with Crippen LogP contribution in [0.1, 0.15) is 11.1 Å². The van der Waals surface area contributed by atoms with Crippen molar-refractivity contribution in [1.82, 2.24) is 4.57 Å². The second kappa shape index (κ2) is 7.70. The van der Waals surface area contributed by atoms with Crippen LogP contribution in [0.4, 0.5) is 0 Å². The van der Waals surface area contributed by atoms with E-state index in [0.29, 0.717) is 10.0 Å². The molecule has 0 radical (unpaired) electrons. The molecule has 0 aliphatic rings. The summed E-state index contributed by atoms with van der Waals surface area (Å²) < 4.78 is 1.78. The summed E-state index contributed by atoms with van der Waals surface area (Å²) in [5, 5.41) is 11.5. The number of hydrogen-bond donors (Lipinski definition) is 1. The number of aromatic nitrogens is 1. The first-order valence-corrected chi connectivity index (χ1v) is 9.60. The van der Waals surface area contributed by atoms with Crippen LogP contribution in [0.2, 0.25) is 10.0 Å². The number of carbonyl (C=O) groups is 1. The van der Waals surface area contributed by atoms with Crippen LogP contribution < -0.4 is 0 Å². The largest absolute Gasteiger partial charge is 0.480 e. The summed E-state index contributed by atoms with van der Waals surface area (Å²) in [7, 11) is 0. The first kappa shape index (κ1) is 18.6. The van der Waals surface area contributed by atoms with E-state index in [4.69, 9.17) is 23.2 Å². The number of aliphatic carboxylic acids is 1. The van der Waals surface area contributed by atoms with Crippen molar-refractivity contribution >= 4 is 40.1 Å². The van der Waals surface area contributed by atoms with Crippen molar-refractivity contribution in [2.75, 3.05) is 0 Å². The van der Waals surface area contributed by atoms with Crippen molar-refractivity contribution in [2.24, 2.45) is 0 Å². The van der Waals surface area contributed by atoms with Gasteiger partial charge in [0.05, 0.1) is 0 Å². The molecule has 1 N–H and O–H groups in total. The number of hydrogen-bond acceptors (Lipinski definition) is 1. The highest BCUT2D eigenvalue weighted by Crippen LogP contribution is 2.34. The van der Waals surface area contributed by atoms with E-state index in [1.54, 1.807) is 10.6 Å². The van der Waals surface area contributed by atoms with Gasteiger partial charge in [0.15, 0.2) is 0 Å². The number of fused-ring (bicyclic) bond motifs is 1. The zero-order valence-electron chi connectivity index (χ0n) is 14.9. The molecule has 3 aromatic carbocycles. The van der Waals surface area contributed by atoms with E-state index in [-0.39, 0.29) is 6.54 Å². The Balaban J connectivity index is 1.85. The fourth-order valence-corrected chi connectivity index (χ4v) is 4.01. The Morgan fingerprint density at radius 1 is 0.964 bits per heavy atom. The fourth-order valence-electron chi connectivity index (χ4n) is 3.50. The predicted octanol–water partition coefficient (Wildman–Crippen LogP) is 6.29. The minimum atomic E-state index is -0.868. The molecule has 0 aliphatic carbocycles. The molecule has 0 saturated heterocycles. The van der Waals surface area contributed by atoms with Gasteiger partial charge in [-0.3, -0.25) is 4.79 Å². The van der Waals surface area contributed by atoms with E-state index in [9.17, 15) is 9.90 Å². The van der Waals surface area contributed by atoms with Gasteiger partial charge in [0.25, 0.3) is 0 Å². The average Bonchev–Trinajstić information content (AvgIpc) is 2.98. The quantitative estimate of drug-likeness (QED) is 0.420. The van der Waals surface area contributed by atoms with Gasteiger partial charge >= 0.3 is 5.97 Å². The van der Waals surface area contributed by atoms with Crippen LogP contribution in [-0.4, -0.2) is 15.6 Å². The molecule has 4 rings (SSSR count). The monoisotopic (exact) mass is 409 g/mol. The number of carboxylic acid groups (broad SMARTS) is 1. The minimum Gasteiger partial charge on any atom is -0.480 e. The summed E-state index contributed by atoms with van der Waals surface area (Å²) in [6.45, 7) is -0.0770. The van der Waals surface area contributed by atoms with E-state index in [0.717, 1.165) is 34.0 Å². The highest BCUT2D eigenvalue weighted by molar-refractivity contribution is 6.36. The van der Waals surface area contributed by atoms with E-state index in [1.807, 2.05) is 48.7 Å². The second-order valence-electron chi connectivity index (χ2n) is 6.69. The zero-order valence-corrected chi connectivity index (χ0v) is 16.4. The summed E-state index contributed by atoms with van der Waals surface area (Å²) >= 11 is 12.4. The fraction of sp³-hybridized carbons (Fsp3) is 0.0870. The molecule has 28 heavy (non-hydrogen) atoms. The van der Waals surface area contributed by atoms with Gasteiger partial charge in [0.1, 0.15) is 6.54 Å². The SMILES string of the molecule is O=C(O)Cn1cc(Cc2ccccc2)c2cc(-c3ccc(Cl)cc3Cl)ccc21. The first-order valence-electron chi connectivity index (χ1n) is 8.84. The Morgan fingerprint density at radius 2 is 1.75 bits per heavy atom. The Labute approximate surface area is 172 Å². The number of nitrogens with zero attached hydrogens (tertiary/aromatic N) is 1. The lowest BCUT2D eigenvalue weighted by Gasteiger charge is -2.07. The number of benzene rings is 3. The van der Waals surface area contributed by atoms with Gasteiger partial charge in [-0.2, -0.15) is 0 Å². The predicted molar refractivity (Wildman–Crippen MR) is 114 cm³/mol. The lowest BCUT2D eigenvalue weighted by molar-refractivity contribution is -0.137. The Morgan fingerprint density at radius 3 is 2.46 bits per heavy atom. The Kier molecular flexibility index (Phi) is 5.12. The molecular weight excluding hydrogens is 393 g/mol. The molecule has 1 aromatic heterocycles. The molecular formula is C23H17Cl2NO2. The van der Waals surface area contributed by atoms with Crippen LogP contribution in [-0.2, 0) is 17.8 Å². The Bertz CT molecular complexity index is 1170. The molecule has 3 nitrogen and oxygen atoms in total. The normalized spacial score (nSPS) is 11.1. The van der Waals surface area contributed by atoms with Crippen LogP contribution in [0, 0.1) is 0 Å². The standard InChI is InChI=1S/C23H17Cl2NO2/c24-18-7-8-19(21(25)12-18)16-6-9-22-20(11-16)17(13-26(22)14-23(27)28)10-15-4-2-1-3-5-15/h1-9,11-13H,10,14H2,(H,27,28). The minimum absolute atomic E-state index is 0.0770. The molecule has 0 fully saturated rings. The summed E-state index contributed by atoms with van der Waals surface area (Å²) in [5.41, 5.74) is 5.00. The first-order chi connectivity index (χ1) is 13.5. The molecule has 0 saturated carbocycles. The van der Waals surface area contributed by atoms with E-state index < -0.39 is 5.97 Å². The average molecular weight is 410 g/mol. The molecule has 0 atom stereocenters. The highest BCUT2D eigenvalue weighted by atomic mass is 35.5. The van der Waals surface area contributed by atoms with Gasteiger partial charge in [0.2, 0.25) is 0 Å². The van der Waals surface area contributed by atoms with Crippen LogP contribution in [0.3, 0.4) is 0 Å². The smallest absolute Gasteiger partial charge is 0.323 e. The molecule has 0 aliphatic heterocycles. The van der Waals surface area contributed by atoms with Crippen LogP contribution in [0.5, 0.6) is 0 Å². The van der Waals surface area contributed by atoms with Crippen molar-refractivity contribution in [3.05, 3.63) is 94.1 Å². The van der Waals surface area contributed by atoms with Crippen LogP contribution in [0.15, 0.2) is 72.9 Å². The second-order valence-corrected chi connectivity index (χ2v) is 7.54. The van der Waals surface area contributed by atoms with Gasteiger partial charge in [-0.05, 0) is 47.4 Å². The van der Waals surface area contributed by atoms with E-state index >= 15 is 0 Å². The molecule has 0 amide bonds. The van der Waals surface area contributed by atoms with Gasteiger partial charge in [-0.15, -0.1) is 0 Å². The molecule has 5 heteroatoms. The van der Waals surface area contributed by atoms with Crippen molar-refractivity contribution in [3.8, 4) is 11.1 Å². The maximum absolute atomic E-state index is 11.3.